The summed E-state index contributed by atoms with van der Waals surface area (Å²) in [6.45, 7) is 3.50. The molecule has 3 rings (SSSR count). The number of ether oxygens (including phenoxy) is 1. The van der Waals surface area contributed by atoms with Crippen LogP contribution in [-0.2, 0) is 10.3 Å². The van der Waals surface area contributed by atoms with Crippen LogP contribution < -0.4 is 5.73 Å². The molecular formula is C13H17N3O. The van der Waals surface area contributed by atoms with Crippen LogP contribution in [0.5, 0.6) is 0 Å². The minimum atomic E-state index is -0.357. The maximum atomic E-state index is 6.42. The van der Waals surface area contributed by atoms with Crippen LogP contribution in [0.4, 0.5) is 0 Å². The maximum absolute atomic E-state index is 6.42. The van der Waals surface area contributed by atoms with Crippen molar-refractivity contribution in [2.75, 3.05) is 13.2 Å². The summed E-state index contributed by atoms with van der Waals surface area (Å²) in [5.74, 6) is 0.894. The summed E-state index contributed by atoms with van der Waals surface area (Å²) in [5, 5.41) is 0. The van der Waals surface area contributed by atoms with Crippen LogP contribution in [-0.4, -0.2) is 23.2 Å². The first-order chi connectivity index (χ1) is 8.19. The number of fused-ring (bicyclic) bond motifs is 1. The molecular weight excluding hydrogens is 214 g/mol. The number of aromatic nitrogens is 2. The molecule has 0 radical (unpaired) electrons. The zero-order chi connectivity index (χ0) is 11.9. The molecule has 4 heteroatoms. The summed E-state index contributed by atoms with van der Waals surface area (Å²) in [7, 11) is 0. The van der Waals surface area contributed by atoms with E-state index < -0.39 is 0 Å². The third kappa shape index (κ3) is 1.73. The van der Waals surface area contributed by atoms with Crippen molar-refractivity contribution in [3.63, 3.8) is 0 Å². The van der Waals surface area contributed by atoms with Crippen molar-refractivity contribution >= 4 is 11.0 Å². The number of H-pyrrole nitrogens is 1. The Morgan fingerprint density at radius 3 is 2.82 bits per heavy atom. The fourth-order valence-electron chi connectivity index (χ4n) is 2.38. The lowest BCUT2D eigenvalue weighted by atomic mass is 9.91. The van der Waals surface area contributed by atoms with Gasteiger partial charge in [0.15, 0.2) is 0 Å². The molecule has 0 amide bonds. The van der Waals surface area contributed by atoms with E-state index in [4.69, 9.17) is 10.5 Å². The van der Waals surface area contributed by atoms with E-state index in [0.29, 0.717) is 13.2 Å². The Bertz CT molecular complexity index is 541. The predicted molar refractivity (Wildman–Crippen MR) is 66.7 cm³/mol. The van der Waals surface area contributed by atoms with E-state index in [0.717, 1.165) is 29.7 Å². The Morgan fingerprint density at radius 1 is 1.35 bits per heavy atom. The van der Waals surface area contributed by atoms with Crippen molar-refractivity contribution in [2.45, 2.75) is 25.3 Å². The van der Waals surface area contributed by atoms with Gasteiger partial charge in [-0.3, -0.25) is 0 Å². The molecule has 4 nitrogen and oxygen atoms in total. The Balaban J connectivity index is 2.08. The number of para-hydroxylation sites is 1. The largest absolute Gasteiger partial charge is 0.381 e. The van der Waals surface area contributed by atoms with Crippen molar-refractivity contribution in [2.24, 2.45) is 5.73 Å². The standard InChI is InChI=1S/C13H17N3O/c1-9-3-2-4-10-11(9)16-12(15-10)13(14)5-7-17-8-6-13/h2-4H,5-8,14H2,1H3,(H,15,16). The highest BCUT2D eigenvalue weighted by Gasteiger charge is 2.33. The topological polar surface area (TPSA) is 63.9 Å². The van der Waals surface area contributed by atoms with Gasteiger partial charge in [0, 0.05) is 13.2 Å². The summed E-state index contributed by atoms with van der Waals surface area (Å²) in [6, 6.07) is 6.15. The summed E-state index contributed by atoms with van der Waals surface area (Å²) in [5.41, 5.74) is 9.34. The van der Waals surface area contributed by atoms with Crippen molar-refractivity contribution in [3.05, 3.63) is 29.6 Å². The number of nitrogens with zero attached hydrogens (tertiary/aromatic N) is 1. The van der Waals surface area contributed by atoms with E-state index in [9.17, 15) is 0 Å². The molecule has 0 unspecified atom stereocenters. The summed E-state index contributed by atoms with van der Waals surface area (Å²) < 4.78 is 5.36. The van der Waals surface area contributed by atoms with Crippen LogP contribution in [0.15, 0.2) is 18.2 Å². The molecule has 1 saturated heterocycles. The quantitative estimate of drug-likeness (QED) is 0.787. The zero-order valence-electron chi connectivity index (χ0n) is 9.99. The number of hydrogen-bond acceptors (Lipinski definition) is 3. The third-order valence-electron chi connectivity index (χ3n) is 3.57. The van der Waals surface area contributed by atoms with Crippen molar-refractivity contribution < 1.29 is 4.74 Å². The van der Waals surface area contributed by atoms with Crippen LogP contribution in [0.25, 0.3) is 11.0 Å². The maximum Gasteiger partial charge on any atom is 0.127 e. The first kappa shape index (κ1) is 10.7. The second kappa shape index (κ2) is 3.82. The molecule has 1 aromatic heterocycles. The van der Waals surface area contributed by atoms with Gasteiger partial charge in [0.05, 0.1) is 16.6 Å². The van der Waals surface area contributed by atoms with Gasteiger partial charge in [0.25, 0.3) is 0 Å². The summed E-state index contributed by atoms with van der Waals surface area (Å²) >= 11 is 0. The van der Waals surface area contributed by atoms with Gasteiger partial charge in [0.2, 0.25) is 0 Å². The number of imidazole rings is 1. The number of benzene rings is 1. The molecule has 0 atom stereocenters. The molecule has 2 heterocycles. The monoisotopic (exact) mass is 231 g/mol. The molecule has 0 aliphatic carbocycles. The van der Waals surface area contributed by atoms with Crippen molar-refractivity contribution in [1.82, 2.24) is 9.97 Å². The number of aromatic amines is 1. The van der Waals surface area contributed by atoms with Crippen LogP contribution in [0.1, 0.15) is 24.2 Å². The fraction of sp³-hybridized carbons (Fsp3) is 0.462. The van der Waals surface area contributed by atoms with Crippen LogP contribution in [0.3, 0.4) is 0 Å². The lowest BCUT2D eigenvalue weighted by molar-refractivity contribution is 0.0496. The highest BCUT2D eigenvalue weighted by atomic mass is 16.5. The van der Waals surface area contributed by atoms with E-state index in [-0.39, 0.29) is 5.54 Å². The SMILES string of the molecule is Cc1cccc2[nH]c(C3(N)CCOCC3)nc12. The fourth-order valence-corrected chi connectivity index (χ4v) is 2.38. The number of hydrogen-bond donors (Lipinski definition) is 2. The molecule has 1 fully saturated rings. The number of nitrogens with two attached hydrogens (primary N) is 1. The smallest absolute Gasteiger partial charge is 0.127 e. The molecule has 1 aromatic carbocycles. The van der Waals surface area contributed by atoms with Crippen molar-refractivity contribution in [1.29, 1.82) is 0 Å². The molecule has 2 aromatic rings. The minimum Gasteiger partial charge on any atom is -0.381 e. The van der Waals surface area contributed by atoms with E-state index in [1.54, 1.807) is 0 Å². The molecule has 90 valence electrons. The Labute approximate surface area is 100 Å². The zero-order valence-corrected chi connectivity index (χ0v) is 9.99. The number of aryl methyl sites for hydroxylation is 1. The first-order valence-electron chi connectivity index (χ1n) is 6.01. The highest BCUT2D eigenvalue weighted by Crippen LogP contribution is 2.29. The molecule has 0 saturated carbocycles. The third-order valence-corrected chi connectivity index (χ3v) is 3.57. The van der Waals surface area contributed by atoms with Gasteiger partial charge in [-0.1, -0.05) is 12.1 Å². The van der Waals surface area contributed by atoms with Gasteiger partial charge < -0.3 is 15.5 Å². The van der Waals surface area contributed by atoms with E-state index >= 15 is 0 Å². The highest BCUT2D eigenvalue weighted by molar-refractivity contribution is 5.78. The summed E-state index contributed by atoms with van der Waals surface area (Å²) in [6.07, 6.45) is 1.65. The number of rotatable bonds is 1. The Kier molecular flexibility index (Phi) is 2.42. The van der Waals surface area contributed by atoms with Gasteiger partial charge in [-0.25, -0.2) is 4.98 Å². The second-order valence-corrected chi connectivity index (χ2v) is 4.82. The van der Waals surface area contributed by atoms with E-state index in [1.807, 2.05) is 12.1 Å². The van der Waals surface area contributed by atoms with Gasteiger partial charge in [-0.05, 0) is 31.4 Å². The Hall–Kier alpha value is -1.39. The van der Waals surface area contributed by atoms with E-state index in [1.165, 1.54) is 5.56 Å². The Morgan fingerprint density at radius 2 is 2.12 bits per heavy atom. The van der Waals surface area contributed by atoms with Gasteiger partial charge in [-0.15, -0.1) is 0 Å². The summed E-state index contributed by atoms with van der Waals surface area (Å²) in [4.78, 5) is 8.03. The molecule has 1 aliphatic rings. The lowest BCUT2D eigenvalue weighted by Crippen LogP contribution is -2.43. The average molecular weight is 231 g/mol. The number of nitrogens with one attached hydrogen (secondary N) is 1. The molecule has 1 aliphatic heterocycles. The van der Waals surface area contributed by atoms with Crippen molar-refractivity contribution in [3.8, 4) is 0 Å². The normalized spacial score (nSPS) is 19.6. The molecule has 0 bridgehead atoms. The molecule has 0 spiro atoms. The predicted octanol–water partition coefficient (Wildman–Crippen LogP) is 1.84. The lowest BCUT2D eigenvalue weighted by Gasteiger charge is -2.31. The van der Waals surface area contributed by atoms with Gasteiger partial charge >= 0.3 is 0 Å². The first-order valence-corrected chi connectivity index (χ1v) is 6.01. The molecule has 3 N–H and O–H groups in total. The van der Waals surface area contributed by atoms with Gasteiger partial charge in [-0.2, -0.15) is 0 Å². The average Bonchev–Trinajstić information content (AvgIpc) is 2.76. The van der Waals surface area contributed by atoms with Crippen LogP contribution in [0.2, 0.25) is 0 Å². The second-order valence-electron chi connectivity index (χ2n) is 4.82. The van der Waals surface area contributed by atoms with Gasteiger partial charge in [0.1, 0.15) is 5.82 Å². The van der Waals surface area contributed by atoms with Crippen LogP contribution in [0, 0.1) is 6.92 Å². The van der Waals surface area contributed by atoms with E-state index in [2.05, 4.69) is 23.0 Å². The van der Waals surface area contributed by atoms with Crippen LogP contribution >= 0.6 is 0 Å². The minimum absolute atomic E-state index is 0.357. The molecule has 17 heavy (non-hydrogen) atoms.